The van der Waals surface area contributed by atoms with Crippen LogP contribution in [0.2, 0.25) is 0 Å². The minimum Gasteiger partial charge on any atom is -0.381 e. The first-order valence-corrected chi connectivity index (χ1v) is 7.05. The highest BCUT2D eigenvalue weighted by molar-refractivity contribution is 5.27. The van der Waals surface area contributed by atoms with Gasteiger partial charge in [0, 0.05) is 18.6 Å². The van der Waals surface area contributed by atoms with Crippen LogP contribution in [0.25, 0.3) is 0 Å². The fraction of sp³-hybridized carbons (Fsp3) is 0.625. The Hall–Kier alpha value is -0.820. The maximum Gasteiger partial charge on any atom is 0.0474 e. The molecule has 1 aromatic rings. The van der Waals surface area contributed by atoms with E-state index in [0.29, 0.717) is 5.41 Å². The van der Waals surface area contributed by atoms with Crippen LogP contribution in [-0.4, -0.2) is 13.2 Å². The van der Waals surface area contributed by atoms with E-state index < -0.39 is 0 Å². The van der Waals surface area contributed by atoms with Gasteiger partial charge in [0.1, 0.15) is 0 Å². The fourth-order valence-electron chi connectivity index (χ4n) is 3.92. The van der Waals surface area contributed by atoms with Crippen LogP contribution in [0, 0.1) is 5.92 Å². The van der Waals surface area contributed by atoms with Gasteiger partial charge in [-0.05, 0) is 37.2 Å². The van der Waals surface area contributed by atoms with Gasteiger partial charge < -0.3 is 4.74 Å². The van der Waals surface area contributed by atoms with Gasteiger partial charge in [-0.1, -0.05) is 43.2 Å². The average Bonchev–Trinajstić information content (AvgIpc) is 2.95. The van der Waals surface area contributed by atoms with Gasteiger partial charge in [-0.25, -0.2) is 0 Å². The van der Waals surface area contributed by atoms with Crippen LogP contribution >= 0.6 is 0 Å². The first-order valence-electron chi connectivity index (χ1n) is 7.05. The Morgan fingerprint density at radius 2 is 1.59 bits per heavy atom. The van der Waals surface area contributed by atoms with E-state index in [1.807, 2.05) is 0 Å². The molecule has 0 radical (unpaired) electrons. The van der Waals surface area contributed by atoms with Gasteiger partial charge in [-0.15, -0.1) is 0 Å². The fourth-order valence-corrected chi connectivity index (χ4v) is 3.92. The van der Waals surface area contributed by atoms with E-state index in [2.05, 4.69) is 30.3 Å². The molecule has 1 heteroatoms. The molecule has 1 heterocycles. The van der Waals surface area contributed by atoms with E-state index in [9.17, 15) is 0 Å². The van der Waals surface area contributed by atoms with Crippen molar-refractivity contribution in [1.29, 1.82) is 0 Å². The Labute approximate surface area is 104 Å². The normalized spacial score (nSPS) is 24.9. The molecule has 17 heavy (non-hydrogen) atoms. The van der Waals surface area contributed by atoms with Crippen molar-refractivity contribution in [2.75, 3.05) is 13.2 Å². The molecule has 1 aromatic carbocycles. The van der Waals surface area contributed by atoms with Crippen molar-refractivity contribution in [3.05, 3.63) is 35.9 Å². The van der Waals surface area contributed by atoms with Gasteiger partial charge >= 0.3 is 0 Å². The molecule has 1 aliphatic heterocycles. The van der Waals surface area contributed by atoms with Crippen LogP contribution in [-0.2, 0) is 10.2 Å². The van der Waals surface area contributed by atoms with Crippen LogP contribution < -0.4 is 0 Å². The van der Waals surface area contributed by atoms with Crippen LogP contribution in [0.3, 0.4) is 0 Å². The quantitative estimate of drug-likeness (QED) is 0.748. The molecule has 2 fully saturated rings. The average molecular weight is 230 g/mol. The van der Waals surface area contributed by atoms with Crippen molar-refractivity contribution >= 4 is 0 Å². The molecule has 92 valence electrons. The number of ether oxygens (including phenoxy) is 1. The van der Waals surface area contributed by atoms with Gasteiger partial charge in [0.15, 0.2) is 0 Å². The third-order valence-corrected chi connectivity index (χ3v) is 4.87. The summed E-state index contributed by atoms with van der Waals surface area (Å²) in [4.78, 5) is 0. The van der Waals surface area contributed by atoms with E-state index in [0.717, 1.165) is 19.1 Å². The van der Waals surface area contributed by atoms with Crippen molar-refractivity contribution in [1.82, 2.24) is 0 Å². The molecule has 0 N–H and O–H groups in total. The summed E-state index contributed by atoms with van der Waals surface area (Å²) in [6.07, 6.45) is 8.16. The zero-order valence-electron chi connectivity index (χ0n) is 10.5. The largest absolute Gasteiger partial charge is 0.381 e. The summed E-state index contributed by atoms with van der Waals surface area (Å²) in [6.45, 7) is 1.90. The molecule has 0 unspecified atom stereocenters. The lowest BCUT2D eigenvalue weighted by molar-refractivity contribution is 0.0265. The van der Waals surface area contributed by atoms with Gasteiger partial charge in [0.05, 0.1) is 0 Å². The molecule has 0 bridgehead atoms. The summed E-state index contributed by atoms with van der Waals surface area (Å²) >= 11 is 0. The SMILES string of the molecule is c1ccc(C2(C3CCCC3)CCOCC2)cc1. The number of rotatable bonds is 2. The second-order valence-corrected chi connectivity index (χ2v) is 5.62. The third kappa shape index (κ3) is 2.01. The Balaban J connectivity index is 1.95. The van der Waals surface area contributed by atoms with Crippen molar-refractivity contribution in [2.24, 2.45) is 5.92 Å². The maximum absolute atomic E-state index is 5.61. The van der Waals surface area contributed by atoms with E-state index in [4.69, 9.17) is 4.74 Å². The zero-order valence-corrected chi connectivity index (χ0v) is 10.5. The number of hydrogen-bond donors (Lipinski definition) is 0. The van der Waals surface area contributed by atoms with E-state index in [1.165, 1.54) is 38.5 Å². The summed E-state index contributed by atoms with van der Waals surface area (Å²) in [5, 5.41) is 0. The lowest BCUT2D eigenvalue weighted by Crippen LogP contribution is -2.39. The molecular weight excluding hydrogens is 208 g/mol. The van der Waals surface area contributed by atoms with Gasteiger partial charge in [-0.3, -0.25) is 0 Å². The molecule has 1 aliphatic carbocycles. The second kappa shape index (κ2) is 4.81. The van der Waals surface area contributed by atoms with Gasteiger partial charge in [0.25, 0.3) is 0 Å². The smallest absolute Gasteiger partial charge is 0.0474 e. The predicted octanol–water partition coefficient (Wildman–Crippen LogP) is 3.93. The Morgan fingerprint density at radius 1 is 0.941 bits per heavy atom. The third-order valence-electron chi connectivity index (χ3n) is 4.87. The first kappa shape index (κ1) is 11.3. The summed E-state index contributed by atoms with van der Waals surface area (Å²) in [7, 11) is 0. The molecule has 0 aromatic heterocycles. The van der Waals surface area contributed by atoms with E-state index in [1.54, 1.807) is 5.56 Å². The molecule has 1 saturated carbocycles. The topological polar surface area (TPSA) is 9.23 Å². The molecule has 0 spiro atoms. The number of hydrogen-bond acceptors (Lipinski definition) is 1. The minimum atomic E-state index is 0.427. The Bertz CT molecular complexity index is 345. The highest BCUT2D eigenvalue weighted by Gasteiger charge is 2.42. The van der Waals surface area contributed by atoms with Crippen LogP contribution in [0.15, 0.2) is 30.3 Å². The van der Waals surface area contributed by atoms with Crippen molar-refractivity contribution in [3.63, 3.8) is 0 Å². The molecule has 0 atom stereocenters. The van der Waals surface area contributed by atoms with Crippen molar-refractivity contribution < 1.29 is 4.74 Å². The van der Waals surface area contributed by atoms with Crippen molar-refractivity contribution in [2.45, 2.75) is 43.9 Å². The highest BCUT2D eigenvalue weighted by Crippen LogP contribution is 2.48. The minimum absolute atomic E-state index is 0.427. The Kier molecular flexibility index (Phi) is 3.19. The summed E-state index contributed by atoms with van der Waals surface area (Å²) in [5.41, 5.74) is 1.99. The van der Waals surface area contributed by atoms with Crippen LogP contribution in [0.5, 0.6) is 0 Å². The lowest BCUT2D eigenvalue weighted by atomic mass is 9.65. The molecule has 3 rings (SSSR count). The summed E-state index contributed by atoms with van der Waals surface area (Å²) < 4.78 is 5.61. The maximum atomic E-state index is 5.61. The molecule has 2 aliphatic rings. The van der Waals surface area contributed by atoms with E-state index >= 15 is 0 Å². The lowest BCUT2D eigenvalue weighted by Gasteiger charge is -2.43. The molecular formula is C16H22O. The van der Waals surface area contributed by atoms with Crippen LogP contribution in [0.1, 0.15) is 44.1 Å². The molecule has 0 amide bonds. The Morgan fingerprint density at radius 3 is 2.24 bits per heavy atom. The second-order valence-electron chi connectivity index (χ2n) is 5.62. The first-order chi connectivity index (χ1) is 8.42. The van der Waals surface area contributed by atoms with Crippen LogP contribution in [0.4, 0.5) is 0 Å². The highest BCUT2D eigenvalue weighted by atomic mass is 16.5. The monoisotopic (exact) mass is 230 g/mol. The van der Waals surface area contributed by atoms with E-state index in [-0.39, 0.29) is 0 Å². The van der Waals surface area contributed by atoms with Gasteiger partial charge in [0.2, 0.25) is 0 Å². The van der Waals surface area contributed by atoms with Crippen molar-refractivity contribution in [3.8, 4) is 0 Å². The summed E-state index contributed by atoms with van der Waals surface area (Å²) in [6, 6.07) is 11.2. The molecule has 1 nitrogen and oxygen atoms in total. The predicted molar refractivity (Wildman–Crippen MR) is 70.1 cm³/mol. The number of benzene rings is 1. The van der Waals surface area contributed by atoms with Gasteiger partial charge in [-0.2, -0.15) is 0 Å². The molecule has 1 saturated heterocycles. The zero-order chi connectivity index (χ0) is 11.6. The summed E-state index contributed by atoms with van der Waals surface area (Å²) in [5.74, 6) is 0.897. The standard InChI is InChI=1S/C16H22O/c1-2-6-14(7-3-1)16(10-12-17-13-11-16)15-8-4-5-9-15/h1-3,6-7,15H,4-5,8-13H2.